The quantitative estimate of drug-likeness (QED) is 0.265. The fourth-order valence-corrected chi connectivity index (χ4v) is 4.76. The lowest BCUT2D eigenvalue weighted by Crippen LogP contribution is -2.20. The third-order valence-electron chi connectivity index (χ3n) is 6.60. The molecule has 0 saturated carbocycles. The molecular formula is C31H23FN4O. The van der Waals surface area contributed by atoms with Crippen molar-refractivity contribution in [3.63, 3.8) is 0 Å². The summed E-state index contributed by atoms with van der Waals surface area (Å²) in [5, 5.41) is 6.20. The number of para-hydroxylation sites is 2. The van der Waals surface area contributed by atoms with Crippen LogP contribution in [0.25, 0.3) is 33.2 Å². The maximum atomic E-state index is 13.9. The van der Waals surface area contributed by atoms with Gasteiger partial charge in [0, 0.05) is 34.3 Å². The number of nitrogens with zero attached hydrogens (tertiary/aromatic N) is 4. The molecule has 0 radical (unpaired) electrons. The fourth-order valence-electron chi connectivity index (χ4n) is 4.76. The average Bonchev–Trinajstić information content (AvgIpc) is 3.19. The van der Waals surface area contributed by atoms with Crippen molar-refractivity contribution >= 4 is 28.0 Å². The minimum atomic E-state index is -0.259. The molecule has 0 spiro atoms. The van der Waals surface area contributed by atoms with Gasteiger partial charge in [0.15, 0.2) is 5.82 Å². The Balaban J connectivity index is 1.52. The molecule has 37 heavy (non-hydrogen) atoms. The van der Waals surface area contributed by atoms with E-state index in [0.29, 0.717) is 23.3 Å². The molecule has 2 aromatic heterocycles. The number of hydrogen-bond acceptors (Lipinski definition) is 3. The van der Waals surface area contributed by atoms with Crippen molar-refractivity contribution < 1.29 is 4.39 Å². The molecule has 6 heteroatoms. The van der Waals surface area contributed by atoms with Gasteiger partial charge >= 0.3 is 0 Å². The standard InChI is InChI=1S/C31H23FN4O/c1-21-27(25-14-6-8-17-29(25)35(21)20-22-10-9-13-24(32)18-22)19-33-36-30(23-11-3-2-4-12-23)34-28-16-7-5-15-26(28)31(36)37/h2-19H,20H2,1H3. The molecular weight excluding hydrogens is 463 g/mol. The van der Waals surface area contributed by atoms with Gasteiger partial charge in [-0.3, -0.25) is 4.79 Å². The van der Waals surface area contributed by atoms with Crippen molar-refractivity contribution in [2.24, 2.45) is 5.10 Å². The smallest absolute Gasteiger partial charge is 0.282 e. The van der Waals surface area contributed by atoms with Crippen molar-refractivity contribution in [3.8, 4) is 11.4 Å². The van der Waals surface area contributed by atoms with Crippen molar-refractivity contribution in [3.05, 3.63) is 136 Å². The summed E-state index contributed by atoms with van der Waals surface area (Å²) in [6.45, 7) is 2.53. The van der Waals surface area contributed by atoms with Gasteiger partial charge < -0.3 is 4.57 Å². The van der Waals surface area contributed by atoms with Crippen molar-refractivity contribution in [2.75, 3.05) is 0 Å². The molecule has 0 aliphatic carbocycles. The fraction of sp³-hybridized carbons (Fsp3) is 0.0645. The molecule has 0 bridgehead atoms. The van der Waals surface area contributed by atoms with E-state index in [-0.39, 0.29) is 11.4 Å². The van der Waals surface area contributed by atoms with E-state index in [9.17, 15) is 9.18 Å². The molecule has 0 N–H and O–H groups in total. The third-order valence-corrected chi connectivity index (χ3v) is 6.60. The molecule has 0 saturated heterocycles. The van der Waals surface area contributed by atoms with E-state index < -0.39 is 0 Å². The molecule has 6 rings (SSSR count). The molecule has 0 fully saturated rings. The van der Waals surface area contributed by atoms with Crippen LogP contribution in [-0.4, -0.2) is 20.4 Å². The van der Waals surface area contributed by atoms with Gasteiger partial charge in [-0.25, -0.2) is 9.37 Å². The monoisotopic (exact) mass is 486 g/mol. The Kier molecular flexibility index (Phi) is 5.69. The summed E-state index contributed by atoms with van der Waals surface area (Å²) in [5.74, 6) is 0.215. The highest BCUT2D eigenvalue weighted by molar-refractivity contribution is 6.01. The molecule has 0 amide bonds. The summed E-state index contributed by atoms with van der Waals surface area (Å²) >= 11 is 0. The summed E-state index contributed by atoms with van der Waals surface area (Å²) in [6, 6.07) is 31.5. The third kappa shape index (κ3) is 4.12. The number of aromatic nitrogens is 3. The average molecular weight is 487 g/mol. The maximum absolute atomic E-state index is 13.9. The van der Waals surface area contributed by atoms with Crippen LogP contribution in [-0.2, 0) is 6.54 Å². The van der Waals surface area contributed by atoms with Crippen LogP contribution < -0.4 is 5.56 Å². The zero-order valence-corrected chi connectivity index (χ0v) is 20.2. The SMILES string of the molecule is Cc1c(C=Nn2c(-c3ccccc3)nc3ccccc3c2=O)c2ccccc2n1Cc1cccc(F)c1. The van der Waals surface area contributed by atoms with Gasteiger partial charge in [-0.15, -0.1) is 0 Å². The van der Waals surface area contributed by atoms with Crippen molar-refractivity contribution in [1.82, 2.24) is 14.2 Å². The lowest BCUT2D eigenvalue weighted by atomic mass is 10.1. The van der Waals surface area contributed by atoms with Gasteiger partial charge in [-0.2, -0.15) is 9.78 Å². The zero-order chi connectivity index (χ0) is 25.4. The molecule has 0 unspecified atom stereocenters. The normalized spacial score (nSPS) is 11.6. The van der Waals surface area contributed by atoms with Crippen LogP contribution in [0.5, 0.6) is 0 Å². The van der Waals surface area contributed by atoms with Gasteiger partial charge in [0.25, 0.3) is 5.56 Å². The van der Waals surface area contributed by atoms with Gasteiger partial charge in [-0.1, -0.05) is 72.8 Å². The predicted molar refractivity (Wildman–Crippen MR) is 147 cm³/mol. The van der Waals surface area contributed by atoms with E-state index in [1.54, 1.807) is 24.4 Å². The number of rotatable bonds is 5. The summed E-state index contributed by atoms with van der Waals surface area (Å²) in [6.07, 6.45) is 1.73. The molecule has 2 heterocycles. The molecule has 5 nitrogen and oxygen atoms in total. The highest BCUT2D eigenvalue weighted by Crippen LogP contribution is 2.26. The summed E-state index contributed by atoms with van der Waals surface area (Å²) < 4.78 is 17.4. The second-order valence-corrected chi connectivity index (χ2v) is 8.91. The Morgan fingerprint density at radius 1 is 0.865 bits per heavy atom. The maximum Gasteiger partial charge on any atom is 0.282 e. The topological polar surface area (TPSA) is 52.2 Å². The number of benzene rings is 4. The number of fused-ring (bicyclic) bond motifs is 2. The van der Waals surface area contributed by atoms with Crippen LogP contribution in [0.4, 0.5) is 4.39 Å². The first kappa shape index (κ1) is 22.6. The van der Waals surface area contributed by atoms with E-state index in [1.807, 2.05) is 85.8 Å². The van der Waals surface area contributed by atoms with Gasteiger partial charge in [-0.05, 0) is 42.8 Å². The molecule has 6 aromatic rings. The van der Waals surface area contributed by atoms with E-state index in [0.717, 1.165) is 33.3 Å². The first-order valence-electron chi connectivity index (χ1n) is 12.0. The second-order valence-electron chi connectivity index (χ2n) is 8.91. The number of hydrogen-bond donors (Lipinski definition) is 0. The molecule has 0 aliphatic rings. The second kappa shape index (κ2) is 9.32. The van der Waals surface area contributed by atoms with Gasteiger partial charge in [0.2, 0.25) is 0 Å². The molecule has 0 aliphatic heterocycles. The summed E-state index contributed by atoms with van der Waals surface area (Å²) in [4.78, 5) is 18.3. The summed E-state index contributed by atoms with van der Waals surface area (Å²) in [5.41, 5.74) is 4.94. The van der Waals surface area contributed by atoms with Crippen LogP contribution in [0.15, 0.2) is 113 Å². The van der Waals surface area contributed by atoms with E-state index in [1.165, 1.54) is 10.7 Å². The lowest BCUT2D eigenvalue weighted by molar-refractivity contribution is 0.623. The van der Waals surface area contributed by atoms with Crippen LogP contribution >= 0.6 is 0 Å². The Hall–Kier alpha value is -4.84. The van der Waals surface area contributed by atoms with Crippen molar-refractivity contribution in [2.45, 2.75) is 13.5 Å². The zero-order valence-electron chi connectivity index (χ0n) is 20.2. The molecule has 0 atom stereocenters. The largest absolute Gasteiger partial charge is 0.340 e. The van der Waals surface area contributed by atoms with E-state index >= 15 is 0 Å². The first-order valence-corrected chi connectivity index (χ1v) is 12.0. The van der Waals surface area contributed by atoms with Crippen LogP contribution in [0.2, 0.25) is 0 Å². The minimum absolute atomic E-state index is 0.234. The van der Waals surface area contributed by atoms with Gasteiger partial charge in [0.1, 0.15) is 5.82 Å². The Labute approximate surface area is 212 Å². The Bertz CT molecular complexity index is 1850. The summed E-state index contributed by atoms with van der Waals surface area (Å²) in [7, 11) is 0. The van der Waals surface area contributed by atoms with Gasteiger partial charge in [0.05, 0.1) is 17.1 Å². The Morgan fingerprint density at radius 3 is 2.41 bits per heavy atom. The predicted octanol–water partition coefficient (Wildman–Crippen LogP) is 6.40. The molecule has 4 aromatic carbocycles. The van der Waals surface area contributed by atoms with Crippen molar-refractivity contribution in [1.29, 1.82) is 0 Å². The van der Waals surface area contributed by atoms with Crippen LogP contribution in [0, 0.1) is 12.7 Å². The Morgan fingerprint density at radius 2 is 1.59 bits per heavy atom. The van der Waals surface area contributed by atoms with Crippen LogP contribution in [0.3, 0.4) is 0 Å². The number of halogens is 1. The van der Waals surface area contributed by atoms with Crippen LogP contribution in [0.1, 0.15) is 16.8 Å². The molecule has 180 valence electrons. The minimum Gasteiger partial charge on any atom is -0.340 e. The van der Waals surface area contributed by atoms with E-state index in [4.69, 9.17) is 10.1 Å². The first-order chi connectivity index (χ1) is 18.1. The highest BCUT2D eigenvalue weighted by Gasteiger charge is 2.15. The highest BCUT2D eigenvalue weighted by atomic mass is 19.1. The lowest BCUT2D eigenvalue weighted by Gasteiger charge is -2.10. The van der Waals surface area contributed by atoms with E-state index in [2.05, 4.69) is 4.57 Å².